The summed E-state index contributed by atoms with van der Waals surface area (Å²) in [5.41, 5.74) is 1.41. The van der Waals surface area contributed by atoms with Crippen molar-refractivity contribution >= 4 is 34.9 Å². The number of halogens is 2. The molecule has 138 valence electrons. The van der Waals surface area contributed by atoms with Gasteiger partial charge in [0, 0.05) is 29.7 Å². The first-order valence-electron chi connectivity index (χ1n) is 8.84. The van der Waals surface area contributed by atoms with E-state index in [1.165, 1.54) is 6.42 Å². The van der Waals surface area contributed by atoms with Crippen molar-refractivity contribution in [2.45, 2.75) is 26.2 Å². The van der Waals surface area contributed by atoms with Gasteiger partial charge in [-0.05, 0) is 55.0 Å². The number of carbonyl (C=O) groups is 1. The van der Waals surface area contributed by atoms with Crippen molar-refractivity contribution in [1.29, 1.82) is 0 Å². The van der Waals surface area contributed by atoms with Crippen LogP contribution in [0.3, 0.4) is 0 Å². The maximum absolute atomic E-state index is 12.5. The highest BCUT2D eigenvalue weighted by Crippen LogP contribution is 2.21. The maximum Gasteiger partial charge on any atom is 0.274 e. The van der Waals surface area contributed by atoms with Gasteiger partial charge in [0.15, 0.2) is 5.69 Å². The highest BCUT2D eigenvalue weighted by Gasteiger charge is 2.23. The number of benzene rings is 1. The lowest BCUT2D eigenvalue weighted by atomic mass is 10.00. The predicted octanol–water partition coefficient (Wildman–Crippen LogP) is 4.31. The lowest BCUT2D eigenvalue weighted by Gasteiger charge is -2.30. The second-order valence-corrected chi connectivity index (χ2v) is 7.56. The molecule has 0 spiro atoms. The standard InChI is InChI=1S/C19H22Cl2N4O/c1-13-3-2-10-25(12-13)19(26)17-6-7-18(24-23-17)22-9-8-14-4-5-15(20)11-16(14)21/h4-7,11,13H,2-3,8-10,12H2,1H3,(H,22,24). The molecular formula is C19H22Cl2N4O. The van der Waals surface area contributed by atoms with Gasteiger partial charge in [0.05, 0.1) is 0 Å². The molecular weight excluding hydrogens is 371 g/mol. The Hall–Kier alpha value is -1.85. The van der Waals surface area contributed by atoms with Crippen LogP contribution >= 0.6 is 23.2 Å². The third-order valence-electron chi connectivity index (χ3n) is 4.54. The fourth-order valence-corrected chi connectivity index (χ4v) is 3.63. The molecule has 1 aromatic heterocycles. The van der Waals surface area contributed by atoms with E-state index in [-0.39, 0.29) is 5.91 Å². The monoisotopic (exact) mass is 392 g/mol. The Morgan fingerprint density at radius 1 is 1.27 bits per heavy atom. The van der Waals surface area contributed by atoms with Crippen molar-refractivity contribution < 1.29 is 4.79 Å². The zero-order valence-electron chi connectivity index (χ0n) is 14.7. The molecule has 1 fully saturated rings. The van der Waals surface area contributed by atoms with Crippen molar-refractivity contribution in [2.75, 3.05) is 25.0 Å². The molecule has 26 heavy (non-hydrogen) atoms. The summed E-state index contributed by atoms with van der Waals surface area (Å²) in [5, 5.41) is 12.7. The van der Waals surface area contributed by atoms with E-state index in [2.05, 4.69) is 22.4 Å². The number of hydrogen-bond donors (Lipinski definition) is 1. The van der Waals surface area contributed by atoms with Gasteiger partial charge in [-0.25, -0.2) is 0 Å². The van der Waals surface area contributed by atoms with Crippen LogP contribution in [0, 0.1) is 5.92 Å². The van der Waals surface area contributed by atoms with Crippen LogP contribution in [-0.2, 0) is 6.42 Å². The van der Waals surface area contributed by atoms with Crippen molar-refractivity contribution in [2.24, 2.45) is 5.92 Å². The number of aromatic nitrogens is 2. The first-order valence-corrected chi connectivity index (χ1v) is 9.59. The second-order valence-electron chi connectivity index (χ2n) is 6.71. The molecule has 1 unspecified atom stereocenters. The molecule has 2 heterocycles. The molecule has 2 aromatic rings. The highest BCUT2D eigenvalue weighted by atomic mass is 35.5. The molecule has 5 nitrogen and oxygen atoms in total. The topological polar surface area (TPSA) is 58.1 Å². The molecule has 1 amide bonds. The average Bonchev–Trinajstić information content (AvgIpc) is 2.63. The molecule has 1 aliphatic rings. The molecule has 1 aromatic carbocycles. The lowest BCUT2D eigenvalue weighted by Crippen LogP contribution is -2.39. The number of amides is 1. The van der Waals surface area contributed by atoms with Gasteiger partial charge in [0.1, 0.15) is 5.82 Å². The van der Waals surface area contributed by atoms with E-state index < -0.39 is 0 Å². The Labute approximate surface area is 163 Å². The molecule has 1 aliphatic heterocycles. The van der Waals surface area contributed by atoms with Crippen LogP contribution in [0.2, 0.25) is 10.0 Å². The van der Waals surface area contributed by atoms with Crippen LogP contribution in [0.15, 0.2) is 30.3 Å². The van der Waals surface area contributed by atoms with Crippen molar-refractivity contribution in [3.8, 4) is 0 Å². The Kier molecular flexibility index (Phi) is 6.33. The highest BCUT2D eigenvalue weighted by molar-refractivity contribution is 6.35. The van der Waals surface area contributed by atoms with Crippen LogP contribution in [0.4, 0.5) is 5.82 Å². The number of rotatable bonds is 5. The first kappa shape index (κ1) is 18.9. The normalized spacial score (nSPS) is 17.2. The van der Waals surface area contributed by atoms with Crippen LogP contribution in [-0.4, -0.2) is 40.6 Å². The Bertz CT molecular complexity index is 767. The average molecular weight is 393 g/mol. The zero-order valence-corrected chi connectivity index (χ0v) is 16.2. The fourth-order valence-electron chi connectivity index (χ4n) is 3.13. The largest absolute Gasteiger partial charge is 0.368 e. The summed E-state index contributed by atoms with van der Waals surface area (Å²) in [4.78, 5) is 14.4. The summed E-state index contributed by atoms with van der Waals surface area (Å²) >= 11 is 12.1. The summed E-state index contributed by atoms with van der Waals surface area (Å²) in [6.45, 7) is 4.42. The molecule has 0 bridgehead atoms. The van der Waals surface area contributed by atoms with Gasteiger partial charge < -0.3 is 10.2 Å². The van der Waals surface area contributed by atoms with E-state index in [4.69, 9.17) is 23.2 Å². The molecule has 3 rings (SSSR count). The Balaban J connectivity index is 1.53. The number of nitrogens with one attached hydrogen (secondary N) is 1. The Morgan fingerprint density at radius 3 is 2.81 bits per heavy atom. The van der Waals surface area contributed by atoms with Crippen molar-refractivity contribution in [3.05, 3.63) is 51.6 Å². The fraction of sp³-hybridized carbons (Fsp3) is 0.421. The van der Waals surface area contributed by atoms with Crippen LogP contribution in [0.1, 0.15) is 35.8 Å². The van der Waals surface area contributed by atoms with Gasteiger partial charge in [0.2, 0.25) is 0 Å². The predicted molar refractivity (Wildman–Crippen MR) is 105 cm³/mol. The summed E-state index contributed by atoms with van der Waals surface area (Å²) < 4.78 is 0. The van der Waals surface area contributed by atoms with E-state index in [1.54, 1.807) is 18.2 Å². The molecule has 0 aliphatic carbocycles. The van der Waals surface area contributed by atoms with Gasteiger partial charge in [-0.15, -0.1) is 10.2 Å². The minimum atomic E-state index is -0.0384. The number of nitrogens with zero attached hydrogens (tertiary/aromatic N) is 3. The van der Waals surface area contributed by atoms with Crippen LogP contribution in [0.5, 0.6) is 0 Å². The lowest BCUT2D eigenvalue weighted by molar-refractivity contribution is 0.0676. The number of anilines is 1. The SMILES string of the molecule is CC1CCCN(C(=O)c2ccc(NCCc3ccc(Cl)cc3Cl)nn2)C1. The summed E-state index contributed by atoms with van der Waals surface area (Å²) in [7, 11) is 0. The van der Waals surface area contributed by atoms with Crippen LogP contribution < -0.4 is 5.32 Å². The number of hydrogen-bond acceptors (Lipinski definition) is 4. The minimum Gasteiger partial charge on any atom is -0.368 e. The maximum atomic E-state index is 12.5. The molecule has 0 radical (unpaired) electrons. The van der Waals surface area contributed by atoms with Gasteiger partial charge in [-0.1, -0.05) is 36.2 Å². The van der Waals surface area contributed by atoms with Crippen molar-refractivity contribution in [3.63, 3.8) is 0 Å². The smallest absolute Gasteiger partial charge is 0.274 e. The van der Waals surface area contributed by atoms with E-state index in [0.29, 0.717) is 34.0 Å². The quantitative estimate of drug-likeness (QED) is 0.823. The van der Waals surface area contributed by atoms with Crippen LogP contribution in [0.25, 0.3) is 0 Å². The number of carbonyl (C=O) groups excluding carboxylic acids is 1. The molecule has 0 saturated carbocycles. The second kappa shape index (κ2) is 8.69. The first-order chi connectivity index (χ1) is 12.5. The van der Waals surface area contributed by atoms with E-state index in [0.717, 1.165) is 31.5 Å². The van der Waals surface area contributed by atoms with E-state index in [1.807, 2.05) is 17.0 Å². The van der Waals surface area contributed by atoms with Crippen molar-refractivity contribution in [1.82, 2.24) is 15.1 Å². The van der Waals surface area contributed by atoms with Gasteiger partial charge in [0.25, 0.3) is 5.91 Å². The summed E-state index contributed by atoms with van der Waals surface area (Å²) in [5.74, 6) is 1.14. The molecule has 1 atom stereocenters. The third-order valence-corrected chi connectivity index (χ3v) is 5.13. The number of piperidine rings is 1. The van der Waals surface area contributed by atoms with E-state index >= 15 is 0 Å². The van der Waals surface area contributed by atoms with Gasteiger partial charge >= 0.3 is 0 Å². The zero-order chi connectivity index (χ0) is 18.5. The third kappa shape index (κ3) is 4.86. The minimum absolute atomic E-state index is 0.0384. The number of likely N-dealkylation sites (tertiary alicyclic amines) is 1. The Morgan fingerprint density at radius 2 is 2.12 bits per heavy atom. The van der Waals surface area contributed by atoms with E-state index in [9.17, 15) is 4.79 Å². The summed E-state index contributed by atoms with van der Waals surface area (Å²) in [6, 6.07) is 8.99. The molecule has 1 saturated heterocycles. The molecule has 1 N–H and O–H groups in total. The molecule has 7 heteroatoms. The van der Waals surface area contributed by atoms with Gasteiger partial charge in [-0.3, -0.25) is 4.79 Å². The van der Waals surface area contributed by atoms with Gasteiger partial charge in [-0.2, -0.15) is 0 Å². The summed E-state index contributed by atoms with van der Waals surface area (Å²) in [6.07, 6.45) is 2.97.